The highest BCUT2D eigenvalue weighted by atomic mass is 19.1. The van der Waals surface area contributed by atoms with Crippen molar-refractivity contribution in [2.24, 2.45) is 0 Å². The normalized spacial score (nSPS) is 15.0. The number of rotatable bonds is 4. The first kappa shape index (κ1) is 19.4. The smallest absolute Gasteiger partial charge is 0.228 e. The first-order chi connectivity index (χ1) is 15.1. The van der Waals surface area contributed by atoms with Crippen LogP contribution in [0.3, 0.4) is 0 Å². The minimum absolute atomic E-state index is 0.291. The van der Waals surface area contributed by atoms with Crippen LogP contribution >= 0.6 is 0 Å². The molecule has 0 radical (unpaired) electrons. The van der Waals surface area contributed by atoms with Gasteiger partial charge in [0.2, 0.25) is 5.95 Å². The van der Waals surface area contributed by atoms with E-state index in [1.54, 1.807) is 16.8 Å². The maximum Gasteiger partial charge on any atom is 0.228 e. The highest BCUT2D eigenvalue weighted by molar-refractivity contribution is 5.99. The lowest BCUT2D eigenvalue weighted by Gasteiger charge is -2.32. The Hall–Kier alpha value is -3.52. The number of halogens is 1. The van der Waals surface area contributed by atoms with Crippen LogP contribution < -0.4 is 10.6 Å². The molecule has 2 aromatic heterocycles. The predicted octanol–water partition coefficient (Wildman–Crippen LogP) is 3.01. The van der Waals surface area contributed by atoms with Crippen molar-refractivity contribution in [3.63, 3.8) is 0 Å². The number of nitrogen functional groups attached to an aromatic ring is 1. The number of anilines is 2. The first-order valence-electron chi connectivity index (χ1n) is 10.4. The molecule has 0 amide bonds. The zero-order valence-electron chi connectivity index (χ0n) is 17.4. The minimum Gasteiger partial charge on any atom is -0.383 e. The standard InChI is InChI=1S/C23H24FN7/c1-29-11-13-30(14-12-29)23-26-20(17-7-9-18(24)10-8-17)19-21(25)31(28-22(19)27-23)15-16-5-3-2-4-6-16/h2-10H,11-15,25H2,1H3. The van der Waals surface area contributed by atoms with E-state index in [0.717, 1.165) is 37.3 Å². The van der Waals surface area contributed by atoms with E-state index in [2.05, 4.69) is 16.8 Å². The van der Waals surface area contributed by atoms with Gasteiger partial charge in [-0.3, -0.25) is 0 Å². The third-order valence-corrected chi connectivity index (χ3v) is 5.71. The lowest BCUT2D eigenvalue weighted by atomic mass is 10.1. The summed E-state index contributed by atoms with van der Waals surface area (Å²) < 4.78 is 15.3. The predicted molar refractivity (Wildman–Crippen MR) is 120 cm³/mol. The molecule has 1 fully saturated rings. The van der Waals surface area contributed by atoms with Crippen molar-refractivity contribution in [2.75, 3.05) is 43.9 Å². The number of hydrogen-bond acceptors (Lipinski definition) is 6. The zero-order chi connectivity index (χ0) is 21.4. The van der Waals surface area contributed by atoms with Crippen LogP contribution in [0.4, 0.5) is 16.2 Å². The summed E-state index contributed by atoms with van der Waals surface area (Å²) in [4.78, 5) is 14.1. The van der Waals surface area contributed by atoms with Crippen molar-refractivity contribution < 1.29 is 4.39 Å². The minimum atomic E-state index is -0.291. The molecule has 1 aliphatic heterocycles. The van der Waals surface area contributed by atoms with Gasteiger partial charge in [0.1, 0.15) is 11.6 Å². The van der Waals surface area contributed by atoms with Crippen LogP contribution in [-0.4, -0.2) is 57.9 Å². The fourth-order valence-corrected chi connectivity index (χ4v) is 3.88. The Morgan fingerprint density at radius 3 is 2.35 bits per heavy atom. The highest BCUT2D eigenvalue weighted by Crippen LogP contribution is 2.32. The third kappa shape index (κ3) is 3.82. The number of nitrogens with two attached hydrogens (primary N) is 1. The number of hydrogen-bond donors (Lipinski definition) is 1. The summed E-state index contributed by atoms with van der Waals surface area (Å²) in [5, 5.41) is 5.41. The van der Waals surface area contributed by atoms with E-state index in [0.29, 0.717) is 35.0 Å². The molecule has 0 aliphatic carbocycles. The van der Waals surface area contributed by atoms with Crippen molar-refractivity contribution in [3.05, 3.63) is 66.0 Å². The molecular formula is C23H24FN7. The van der Waals surface area contributed by atoms with Gasteiger partial charge in [0.15, 0.2) is 5.65 Å². The van der Waals surface area contributed by atoms with E-state index in [9.17, 15) is 4.39 Å². The van der Waals surface area contributed by atoms with Gasteiger partial charge in [-0.2, -0.15) is 4.98 Å². The molecule has 8 heteroatoms. The van der Waals surface area contributed by atoms with Gasteiger partial charge in [-0.25, -0.2) is 14.1 Å². The lowest BCUT2D eigenvalue weighted by molar-refractivity contribution is 0.311. The van der Waals surface area contributed by atoms with Crippen LogP contribution in [-0.2, 0) is 6.54 Å². The summed E-state index contributed by atoms with van der Waals surface area (Å²) >= 11 is 0. The van der Waals surface area contributed by atoms with E-state index in [1.165, 1.54) is 12.1 Å². The second-order valence-corrected chi connectivity index (χ2v) is 7.90. The van der Waals surface area contributed by atoms with Crippen LogP contribution in [0.5, 0.6) is 0 Å². The highest BCUT2D eigenvalue weighted by Gasteiger charge is 2.22. The Morgan fingerprint density at radius 2 is 1.65 bits per heavy atom. The van der Waals surface area contributed by atoms with E-state index in [-0.39, 0.29) is 5.82 Å². The maximum absolute atomic E-state index is 13.6. The molecule has 3 heterocycles. The summed E-state index contributed by atoms with van der Waals surface area (Å²) in [7, 11) is 2.11. The Labute approximate surface area is 179 Å². The maximum atomic E-state index is 13.6. The summed E-state index contributed by atoms with van der Waals surface area (Å²) in [6.07, 6.45) is 0. The Bertz CT molecular complexity index is 1200. The quantitative estimate of drug-likeness (QED) is 0.550. The summed E-state index contributed by atoms with van der Waals surface area (Å²) in [5.41, 5.74) is 9.64. The van der Waals surface area contributed by atoms with Crippen molar-refractivity contribution in [3.8, 4) is 11.3 Å². The molecule has 0 bridgehead atoms. The topological polar surface area (TPSA) is 76.1 Å². The van der Waals surface area contributed by atoms with E-state index in [1.807, 2.05) is 30.3 Å². The summed E-state index contributed by atoms with van der Waals surface area (Å²) in [5.74, 6) is 0.841. The molecule has 31 heavy (non-hydrogen) atoms. The van der Waals surface area contributed by atoms with Crippen LogP contribution in [0.1, 0.15) is 5.56 Å². The van der Waals surface area contributed by atoms with Crippen LogP contribution in [0.15, 0.2) is 54.6 Å². The molecule has 7 nitrogen and oxygen atoms in total. The number of nitrogens with zero attached hydrogens (tertiary/aromatic N) is 6. The van der Waals surface area contributed by atoms with Crippen LogP contribution in [0, 0.1) is 5.82 Å². The fraction of sp³-hybridized carbons (Fsp3) is 0.261. The molecule has 2 N–H and O–H groups in total. The van der Waals surface area contributed by atoms with Gasteiger partial charge in [-0.1, -0.05) is 30.3 Å². The van der Waals surface area contributed by atoms with Gasteiger partial charge in [0, 0.05) is 31.7 Å². The molecule has 0 atom stereocenters. The number of aromatic nitrogens is 4. The molecule has 158 valence electrons. The van der Waals surface area contributed by atoms with Crippen molar-refractivity contribution in [1.29, 1.82) is 0 Å². The molecule has 1 aliphatic rings. The van der Waals surface area contributed by atoms with Crippen molar-refractivity contribution >= 4 is 22.8 Å². The second-order valence-electron chi connectivity index (χ2n) is 7.90. The van der Waals surface area contributed by atoms with Gasteiger partial charge in [0.25, 0.3) is 0 Å². The second kappa shape index (κ2) is 7.96. The zero-order valence-corrected chi connectivity index (χ0v) is 17.4. The van der Waals surface area contributed by atoms with E-state index in [4.69, 9.17) is 20.8 Å². The lowest BCUT2D eigenvalue weighted by Crippen LogP contribution is -2.45. The first-order valence-corrected chi connectivity index (χ1v) is 10.4. The largest absolute Gasteiger partial charge is 0.383 e. The number of fused-ring (bicyclic) bond motifs is 1. The third-order valence-electron chi connectivity index (χ3n) is 5.71. The van der Waals surface area contributed by atoms with Gasteiger partial charge in [0.05, 0.1) is 17.6 Å². The molecule has 4 aromatic rings. The average molecular weight is 417 g/mol. The van der Waals surface area contributed by atoms with Gasteiger partial charge < -0.3 is 15.5 Å². The van der Waals surface area contributed by atoms with Gasteiger partial charge >= 0.3 is 0 Å². The SMILES string of the molecule is CN1CCN(c2nc(-c3ccc(F)cc3)c3c(N)n(Cc4ccccc4)nc3n2)CC1. The van der Waals surface area contributed by atoms with Gasteiger partial charge in [-0.05, 0) is 36.9 Å². The summed E-state index contributed by atoms with van der Waals surface area (Å²) in [6.45, 7) is 4.10. The molecule has 2 aromatic carbocycles. The fourth-order valence-electron chi connectivity index (χ4n) is 3.88. The average Bonchev–Trinajstić information content (AvgIpc) is 3.10. The number of piperazine rings is 1. The summed E-state index contributed by atoms with van der Waals surface area (Å²) in [6, 6.07) is 16.3. The van der Waals surface area contributed by atoms with Crippen molar-refractivity contribution in [2.45, 2.75) is 6.54 Å². The number of likely N-dealkylation sites (N-methyl/N-ethyl adjacent to an activating group) is 1. The Balaban J connectivity index is 1.64. The number of benzene rings is 2. The Kier molecular flexibility index (Phi) is 4.99. The van der Waals surface area contributed by atoms with Crippen molar-refractivity contribution in [1.82, 2.24) is 24.6 Å². The van der Waals surface area contributed by atoms with Crippen LogP contribution in [0.25, 0.3) is 22.3 Å². The van der Waals surface area contributed by atoms with E-state index >= 15 is 0 Å². The van der Waals surface area contributed by atoms with Gasteiger partial charge in [-0.15, -0.1) is 5.10 Å². The molecule has 5 rings (SSSR count). The Morgan fingerprint density at radius 1 is 0.935 bits per heavy atom. The molecule has 1 saturated heterocycles. The molecule has 0 unspecified atom stereocenters. The monoisotopic (exact) mass is 417 g/mol. The van der Waals surface area contributed by atoms with E-state index < -0.39 is 0 Å². The molecular weight excluding hydrogens is 393 g/mol. The molecule has 0 saturated carbocycles. The molecule has 0 spiro atoms. The van der Waals surface area contributed by atoms with Crippen LogP contribution in [0.2, 0.25) is 0 Å².